The molecule has 0 aromatic carbocycles. The van der Waals surface area contributed by atoms with E-state index in [1.165, 1.54) is 18.2 Å². The molecule has 0 spiro atoms. The van der Waals surface area contributed by atoms with Gasteiger partial charge in [0.05, 0.1) is 0 Å². The summed E-state index contributed by atoms with van der Waals surface area (Å²) in [5.74, 6) is -1.07. The van der Waals surface area contributed by atoms with E-state index in [0.717, 1.165) is 5.56 Å². The highest BCUT2D eigenvalue weighted by Crippen LogP contribution is 1.99. The summed E-state index contributed by atoms with van der Waals surface area (Å²) in [5, 5.41) is 2.65. The highest BCUT2D eigenvalue weighted by atomic mass is 19.1. The van der Waals surface area contributed by atoms with Gasteiger partial charge < -0.3 is 5.32 Å². The summed E-state index contributed by atoms with van der Waals surface area (Å²) in [4.78, 5) is 19.0. The minimum absolute atomic E-state index is 0.0686. The molecule has 2 rings (SSSR count). The predicted molar refractivity (Wildman–Crippen MR) is 59.6 cm³/mol. The van der Waals surface area contributed by atoms with Crippen LogP contribution in [0.4, 0.5) is 4.39 Å². The van der Waals surface area contributed by atoms with E-state index < -0.39 is 11.9 Å². The lowest BCUT2D eigenvalue weighted by Crippen LogP contribution is -2.24. The second-order valence-electron chi connectivity index (χ2n) is 3.38. The van der Waals surface area contributed by atoms with Crippen molar-refractivity contribution in [2.45, 2.75) is 6.54 Å². The number of carbonyl (C=O) groups excluding carboxylic acids is 1. The minimum atomic E-state index is -0.665. The lowest BCUT2D eigenvalue weighted by Gasteiger charge is -2.04. The lowest BCUT2D eigenvalue weighted by atomic mass is 10.2. The van der Waals surface area contributed by atoms with Gasteiger partial charge in [-0.3, -0.25) is 9.78 Å². The van der Waals surface area contributed by atoms with Crippen molar-refractivity contribution in [3.8, 4) is 0 Å². The maximum Gasteiger partial charge on any atom is 0.270 e. The van der Waals surface area contributed by atoms with Crippen molar-refractivity contribution in [2.24, 2.45) is 0 Å². The van der Waals surface area contributed by atoms with Crippen LogP contribution in [-0.2, 0) is 6.54 Å². The second kappa shape index (κ2) is 5.16. The first-order valence-corrected chi connectivity index (χ1v) is 5.05. The van der Waals surface area contributed by atoms with Crippen LogP contribution in [0.5, 0.6) is 0 Å². The van der Waals surface area contributed by atoms with Crippen molar-refractivity contribution in [2.75, 3.05) is 0 Å². The molecule has 1 amide bonds. The average Bonchev–Trinajstić information content (AvgIpc) is 2.37. The zero-order valence-corrected chi connectivity index (χ0v) is 8.93. The van der Waals surface area contributed by atoms with Crippen molar-refractivity contribution < 1.29 is 9.18 Å². The molecule has 0 saturated heterocycles. The Morgan fingerprint density at radius 2 is 2.00 bits per heavy atom. The fraction of sp³-hybridized carbons (Fsp3) is 0.0833. The Morgan fingerprint density at radius 1 is 1.24 bits per heavy atom. The number of hydrogen-bond acceptors (Lipinski definition) is 3. The first-order chi connectivity index (χ1) is 8.25. The largest absolute Gasteiger partial charge is 0.347 e. The van der Waals surface area contributed by atoms with Gasteiger partial charge in [0, 0.05) is 18.9 Å². The first-order valence-electron chi connectivity index (χ1n) is 5.05. The van der Waals surface area contributed by atoms with Crippen molar-refractivity contribution in [3.05, 3.63) is 59.9 Å². The van der Waals surface area contributed by atoms with Crippen LogP contribution in [0.2, 0.25) is 0 Å². The zero-order chi connectivity index (χ0) is 12.1. The molecule has 0 fully saturated rings. The number of hydrogen-bond donors (Lipinski definition) is 1. The molecular formula is C12H10FN3O. The van der Waals surface area contributed by atoms with Crippen LogP contribution in [-0.4, -0.2) is 15.9 Å². The number of halogens is 1. The van der Waals surface area contributed by atoms with E-state index in [-0.39, 0.29) is 5.69 Å². The molecule has 0 atom stereocenters. The Kier molecular flexibility index (Phi) is 3.40. The van der Waals surface area contributed by atoms with Gasteiger partial charge in [-0.2, -0.15) is 4.39 Å². The Labute approximate surface area is 97.5 Å². The van der Waals surface area contributed by atoms with Crippen molar-refractivity contribution >= 4 is 5.91 Å². The van der Waals surface area contributed by atoms with Crippen LogP contribution in [0, 0.1) is 5.95 Å². The summed E-state index contributed by atoms with van der Waals surface area (Å²) in [6.45, 7) is 0.361. The number of rotatable bonds is 3. The number of amides is 1. The minimum Gasteiger partial charge on any atom is -0.347 e. The van der Waals surface area contributed by atoms with Crippen molar-refractivity contribution in [1.82, 2.24) is 15.3 Å². The van der Waals surface area contributed by atoms with E-state index in [1.54, 1.807) is 24.5 Å². The van der Waals surface area contributed by atoms with Gasteiger partial charge in [-0.1, -0.05) is 6.07 Å². The smallest absolute Gasteiger partial charge is 0.270 e. The second-order valence-corrected chi connectivity index (χ2v) is 3.38. The van der Waals surface area contributed by atoms with E-state index >= 15 is 0 Å². The fourth-order valence-corrected chi connectivity index (χ4v) is 1.31. The van der Waals surface area contributed by atoms with Crippen LogP contribution in [0.1, 0.15) is 16.1 Å². The number of nitrogens with one attached hydrogen (secondary N) is 1. The summed E-state index contributed by atoms with van der Waals surface area (Å²) in [6.07, 6.45) is 3.28. The van der Waals surface area contributed by atoms with Gasteiger partial charge in [-0.15, -0.1) is 0 Å². The van der Waals surface area contributed by atoms with Gasteiger partial charge in [-0.25, -0.2) is 4.98 Å². The van der Waals surface area contributed by atoms with Gasteiger partial charge in [0.2, 0.25) is 5.95 Å². The van der Waals surface area contributed by atoms with Crippen LogP contribution < -0.4 is 5.32 Å². The third-order valence-electron chi connectivity index (χ3n) is 2.15. The monoisotopic (exact) mass is 231 g/mol. The summed E-state index contributed by atoms with van der Waals surface area (Å²) < 4.78 is 12.8. The molecule has 0 unspecified atom stereocenters. The van der Waals surface area contributed by atoms with E-state index in [4.69, 9.17) is 0 Å². The maximum atomic E-state index is 12.8. The summed E-state index contributed by atoms with van der Waals surface area (Å²) in [6, 6.07) is 7.69. The number of aromatic nitrogens is 2. The molecule has 0 aliphatic carbocycles. The molecule has 5 heteroatoms. The first kappa shape index (κ1) is 11.2. The van der Waals surface area contributed by atoms with Gasteiger partial charge in [0.15, 0.2) is 0 Å². The van der Waals surface area contributed by atoms with E-state index in [0.29, 0.717) is 6.54 Å². The SMILES string of the molecule is O=C(NCc1ccncc1)c1cccc(F)n1. The highest BCUT2D eigenvalue weighted by molar-refractivity contribution is 5.92. The molecule has 86 valence electrons. The third-order valence-corrected chi connectivity index (χ3v) is 2.15. The van der Waals surface area contributed by atoms with Gasteiger partial charge >= 0.3 is 0 Å². The fourth-order valence-electron chi connectivity index (χ4n) is 1.31. The Balaban J connectivity index is 1.98. The van der Waals surface area contributed by atoms with Gasteiger partial charge in [-0.05, 0) is 29.8 Å². The van der Waals surface area contributed by atoms with E-state index in [1.807, 2.05) is 0 Å². The predicted octanol–water partition coefficient (Wildman–Crippen LogP) is 1.55. The zero-order valence-electron chi connectivity index (χ0n) is 8.93. The molecule has 2 aromatic heterocycles. The molecule has 0 bridgehead atoms. The summed E-state index contributed by atoms with van der Waals surface area (Å²) in [7, 11) is 0. The Bertz CT molecular complexity index is 516. The lowest BCUT2D eigenvalue weighted by molar-refractivity contribution is 0.0944. The van der Waals surface area contributed by atoms with E-state index in [9.17, 15) is 9.18 Å². The summed E-state index contributed by atoms with van der Waals surface area (Å²) >= 11 is 0. The van der Waals surface area contributed by atoms with Gasteiger partial charge in [0.1, 0.15) is 5.69 Å². The number of carbonyl (C=O) groups is 1. The molecule has 2 aromatic rings. The number of pyridine rings is 2. The van der Waals surface area contributed by atoms with Crippen LogP contribution >= 0.6 is 0 Å². The Morgan fingerprint density at radius 3 is 2.71 bits per heavy atom. The van der Waals surface area contributed by atoms with E-state index in [2.05, 4.69) is 15.3 Å². The molecule has 0 aliphatic heterocycles. The highest BCUT2D eigenvalue weighted by Gasteiger charge is 2.07. The standard InChI is InChI=1S/C12H10FN3O/c13-11-3-1-2-10(16-11)12(17)15-8-9-4-6-14-7-5-9/h1-7H,8H2,(H,15,17). The molecule has 17 heavy (non-hydrogen) atoms. The molecule has 0 saturated carbocycles. The molecule has 2 heterocycles. The molecule has 0 aliphatic rings. The number of nitrogens with zero attached hydrogens (tertiary/aromatic N) is 2. The molecular weight excluding hydrogens is 221 g/mol. The topological polar surface area (TPSA) is 54.9 Å². The van der Waals surface area contributed by atoms with Crippen LogP contribution in [0.25, 0.3) is 0 Å². The molecule has 1 N–H and O–H groups in total. The molecule has 0 radical (unpaired) electrons. The van der Waals surface area contributed by atoms with Crippen molar-refractivity contribution in [1.29, 1.82) is 0 Å². The average molecular weight is 231 g/mol. The summed E-state index contributed by atoms with van der Waals surface area (Å²) in [5.41, 5.74) is 0.990. The van der Waals surface area contributed by atoms with Crippen LogP contribution in [0.15, 0.2) is 42.7 Å². The quantitative estimate of drug-likeness (QED) is 0.815. The normalized spacial score (nSPS) is 9.94. The van der Waals surface area contributed by atoms with Crippen molar-refractivity contribution in [3.63, 3.8) is 0 Å². The van der Waals surface area contributed by atoms with Crippen LogP contribution in [0.3, 0.4) is 0 Å². The third kappa shape index (κ3) is 3.07. The molecule has 4 nitrogen and oxygen atoms in total. The maximum absolute atomic E-state index is 12.8. The van der Waals surface area contributed by atoms with Gasteiger partial charge in [0.25, 0.3) is 5.91 Å². The Hall–Kier alpha value is -2.30.